The van der Waals surface area contributed by atoms with Gasteiger partial charge >= 0.3 is 0 Å². The lowest BCUT2D eigenvalue weighted by Gasteiger charge is -2.10. The predicted octanol–water partition coefficient (Wildman–Crippen LogP) is 6.81. The number of para-hydroxylation sites is 1. The minimum Gasteiger partial charge on any atom is -0.329 e. The Morgan fingerprint density at radius 3 is 2.58 bits per heavy atom. The maximum atomic E-state index is 12.5. The first-order valence-corrected chi connectivity index (χ1v) is 11.0. The molecule has 0 fully saturated rings. The van der Waals surface area contributed by atoms with E-state index in [1.807, 2.05) is 54.8 Å². The zero-order valence-corrected chi connectivity index (χ0v) is 17.0. The molecule has 5 heteroatoms. The lowest BCUT2D eigenvalue weighted by Crippen LogP contribution is -2.13. The fourth-order valence-corrected chi connectivity index (χ4v) is 3.48. The molecular weight excluding hydrogens is 360 g/mol. The van der Waals surface area contributed by atoms with Crippen molar-refractivity contribution in [3.8, 4) is 0 Å². The summed E-state index contributed by atoms with van der Waals surface area (Å²) in [6.45, 7) is 2.22. The van der Waals surface area contributed by atoms with E-state index in [1.54, 1.807) is 11.8 Å². The molecule has 2 aromatic rings. The Morgan fingerprint density at radius 2 is 1.85 bits per heavy atom. The molecule has 0 aliphatic heterocycles. The average Bonchev–Trinajstić information content (AvgIpc) is 2.66. The van der Waals surface area contributed by atoms with E-state index < -0.39 is 0 Å². The van der Waals surface area contributed by atoms with Gasteiger partial charge in [-0.1, -0.05) is 61.7 Å². The number of nitrogens with one attached hydrogen (secondary N) is 2. The monoisotopic (exact) mass is 386 g/mol. The molecule has 0 heterocycles. The zero-order valence-electron chi connectivity index (χ0n) is 15.3. The van der Waals surface area contributed by atoms with Gasteiger partial charge in [0.2, 0.25) is 0 Å². The van der Waals surface area contributed by atoms with Crippen molar-refractivity contribution in [2.45, 2.75) is 37.5 Å². The third-order valence-corrected chi connectivity index (χ3v) is 5.07. The van der Waals surface area contributed by atoms with Crippen LogP contribution in [0.15, 0.2) is 64.9 Å². The van der Waals surface area contributed by atoms with Crippen LogP contribution in [0.25, 0.3) is 0 Å². The number of carbonyl (C=O) groups is 1. The molecule has 0 unspecified atom stereocenters. The first-order chi connectivity index (χ1) is 12.7. The Balaban J connectivity index is 1.90. The van der Waals surface area contributed by atoms with E-state index >= 15 is 0 Å². The van der Waals surface area contributed by atoms with E-state index in [0.717, 1.165) is 17.8 Å². The van der Waals surface area contributed by atoms with Crippen molar-refractivity contribution in [1.82, 2.24) is 0 Å². The molecule has 3 nitrogen and oxygen atoms in total. The van der Waals surface area contributed by atoms with Crippen LogP contribution in [0.2, 0.25) is 0 Å². The third-order valence-electron chi connectivity index (χ3n) is 3.77. The van der Waals surface area contributed by atoms with Crippen LogP contribution in [0.5, 0.6) is 0 Å². The largest absolute Gasteiger partial charge is 0.329 e. The summed E-state index contributed by atoms with van der Waals surface area (Å²) in [5.74, 6) is -0.113. The molecule has 138 valence electrons. The highest BCUT2D eigenvalue weighted by atomic mass is 32.2. The Morgan fingerprint density at radius 1 is 1.08 bits per heavy atom. The molecule has 0 saturated heterocycles. The van der Waals surface area contributed by atoms with Crippen LogP contribution in [0, 0.1) is 0 Å². The maximum Gasteiger partial charge on any atom is 0.257 e. The van der Waals surface area contributed by atoms with Gasteiger partial charge < -0.3 is 10.0 Å². The SMILES string of the molecule is CCCCC/C=C/Sc1ccc(NC(=O)c2ccccc2NSC)cc1. The van der Waals surface area contributed by atoms with Crippen LogP contribution in [-0.2, 0) is 0 Å². The Labute approximate surface area is 165 Å². The van der Waals surface area contributed by atoms with Crippen molar-refractivity contribution < 1.29 is 4.79 Å². The standard InChI is InChI=1S/C21H26N2OS2/c1-3-4-5-6-9-16-26-18-14-12-17(13-15-18)22-21(24)19-10-7-8-11-20(19)23-25-2/h7-16,23H,3-6H2,1-2H3,(H,22,24)/b16-9+. The van der Waals surface area contributed by atoms with Gasteiger partial charge in [-0.15, -0.1) is 0 Å². The molecule has 2 N–H and O–H groups in total. The van der Waals surface area contributed by atoms with E-state index in [2.05, 4.69) is 28.4 Å². The first-order valence-electron chi connectivity index (χ1n) is 8.85. The zero-order chi connectivity index (χ0) is 18.6. The van der Waals surface area contributed by atoms with E-state index in [0.29, 0.717) is 5.56 Å². The topological polar surface area (TPSA) is 41.1 Å². The van der Waals surface area contributed by atoms with E-state index in [-0.39, 0.29) is 5.91 Å². The summed E-state index contributed by atoms with van der Waals surface area (Å²) >= 11 is 3.17. The van der Waals surface area contributed by atoms with Gasteiger partial charge in [-0.2, -0.15) is 0 Å². The van der Waals surface area contributed by atoms with Crippen molar-refractivity contribution in [1.29, 1.82) is 0 Å². The molecule has 2 rings (SSSR count). The van der Waals surface area contributed by atoms with Gasteiger partial charge in [0, 0.05) is 16.8 Å². The summed E-state index contributed by atoms with van der Waals surface area (Å²) in [6, 6.07) is 15.4. The van der Waals surface area contributed by atoms with Gasteiger partial charge in [0.1, 0.15) is 0 Å². The van der Waals surface area contributed by atoms with Crippen LogP contribution >= 0.6 is 23.7 Å². The van der Waals surface area contributed by atoms with E-state index in [1.165, 1.54) is 36.1 Å². The van der Waals surface area contributed by atoms with Crippen LogP contribution < -0.4 is 10.0 Å². The summed E-state index contributed by atoms with van der Waals surface area (Å²) < 4.78 is 3.14. The minimum absolute atomic E-state index is 0.113. The van der Waals surface area contributed by atoms with Gasteiger partial charge in [0.05, 0.1) is 11.3 Å². The number of rotatable bonds is 10. The van der Waals surface area contributed by atoms with Crippen molar-refractivity contribution >= 4 is 41.0 Å². The van der Waals surface area contributed by atoms with Crippen LogP contribution in [0.4, 0.5) is 11.4 Å². The average molecular weight is 387 g/mol. The number of anilines is 2. The van der Waals surface area contributed by atoms with Crippen LogP contribution in [-0.4, -0.2) is 12.2 Å². The molecule has 0 aliphatic carbocycles. The number of amides is 1. The number of benzene rings is 2. The summed E-state index contributed by atoms with van der Waals surface area (Å²) in [7, 11) is 0. The molecule has 1 amide bonds. The second-order valence-corrected chi connectivity index (χ2v) is 7.41. The number of hydrogen-bond acceptors (Lipinski definition) is 4. The highest BCUT2D eigenvalue weighted by molar-refractivity contribution is 8.02. The second kappa shape index (κ2) is 11.7. The van der Waals surface area contributed by atoms with Crippen LogP contribution in [0.3, 0.4) is 0 Å². The number of thioether (sulfide) groups is 1. The Bertz CT molecular complexity index is 714. The molecule has 0 bridgehead atoms. The van der Waals surface area contributed by atoms with Gasteiger partial charge in [-0.25, -0.2) is 0 Å². The number of unbranched alkanes of at least 4 members (excludes halogenated alkanes) is 3. The van der Waals surface area contributed by atoms with Crippen molar-refractivity contribution in [3.63, 3.8) is 0 Å². The van der Waals surface area contributed by atoms with Gasteiger partial charge in [0.15, 0.2) is 0 Å². The number of allylic oxidation sites excluding steroid dienone is 1. The van der Waals surface area contributed by atoms with E-state index in [4.69, 9.17) is 0 Å². The summed E-state index contributed by atoms with van der Waals surface area (Å²) in [5, 5.41) is 5.11. The molecule has 2 aromatic carbocycles. The third kappa shape index (κ3) is 6.81. The maximum absolute atomic E-state index is 12.5. The second-order valence-electron chi connectivity index (χ2n) is 5.82. The number of carbonyl (C=O) groups excluding carboxylic acids is 1. The van der Waals surface area contributed by atoms with Gasteiger partial charge in [0.25, 0.3) is 5.91 Å². The van der Waals surface area contributed by atoms with E-state index in [9.17, 15) is 4.79 Å². The molecule has 26 heavy (non-hydrogen) atoms. The highest BCUT2D eigenvalue weighted by Gasteiger charge is 2.10. The predicted molar refractivity (Wildman–Crippen MR) is 117 cm³/mol. The summed E-state index contributed by atoms with van der Waals surface area (Å²) in [5.41, 5.74) is 2.25. The van der Waals surface area contributed by atoms with Crippen LogP contribution in [0.1, 0.15) is 43.0 Å². The van der Waals surface area contributed by atoms with Gasteiger partial charge in [-0.05, 0) is 54.6 Å². The minimum atomic E-state index is -0.113. The molecule has 0 aliphatic rings. The molecule has 0 saturated carbocycles. The molecule has 0 aromatic heterocycles. The lowest BCUT2D eigenvalue weighted by molar-refractivity contribution is 0.102. The smallest absolute Gasteiger partial charge is 0.257 e. The van der Waals surface area contributed by atoms with Crippen molar-refractivity contribution in [2.24, 2.45) is 0 Å². The Kier molecular flexibility index (Phi) is 9.21. The normalized spacial score (nSPS) is 10.8. The van der Waals surface area contributed by atoms with Crippen molar-refractivity contribution in [3.05, 3.63) is 65.6 Å². The Hall–Kier alpha value is -1.85. The van der Waals surface area contributed by atoms with Gasteiger partial charge in [-0.3, -0.25) is 4.79 Å². The quantitative estimate of drug-likeness (QED) is 0.267. The number of hydrogen-bond donors (Lipinski definition) is 2. The molecule has 0 radical (unpaired) electrons. The molecule has 0 spiro atoms. The lowest BCUT2D eigenvalue weighted by atomic mass is 10.1. The fourth-order valence-electron chi connectivity index (χ4n) is 2.40. The molecular formula is C21H26N2OS2. The first kappa shape index (κ1) is 20.5. The molecule has 0 atom stereocenters. The highest BCUT2D eigenvalue weighted by Crippen LogP contribution is 2.23. The van der Waals surface area contributed by atoms with Crippen molar-refractivity contribution in [2.75, 3.05) is 16.3 Å². The fraction of sp³-hybridized carbons (Fsp3) is 0.286. The summed E-state index contributed by atoms with van der Waals surface area (Å²) in [4.78, 5) is 13.7. The summed E-state index contributed by atoms with van der Waals surface area (Å²) in [6.07, 6.45) is 9.10.